The lowest BCUT2D eigenvalue weighted by molar-refractivity contribution is 0.100. The Hall–Kier alpha value is -2.56. The Kier molecular flexibility index (Phi) is 4.20. The molecule has 0 aliphatic carbocycles. The van der Waals surface area contributed by atoms with Gasteiger partial charge in [-0.25, -0.2) is 0 Å². The van der Waals surface area contributed by atoms with Gasteiger partial charge in [0.25, 0.3) is 5.91 Å². The number of nitrogens with two attached hydrogens (primary N) is 2. The van der Waals surface area contributed by atoms with E-state index >= 15 is 0 Å². The molecule has 1 heterocycles. The van der Waals surface area contributed by atoms with Crippen LogP contribution in [0.4, 0.5) is 11.4 Å². The second kappa shape index (κ2) is 6.06. The van der Waals surface area contributed by atoms with Crippen LogP contribution in [0.3, 0.4) is 0 Å². The molecule has 0 bridgehead atoms. The summed E-state index contributed by atoms with van der Waals surface area (Å²) in [6.45, 7) is 0.791. The average molecular weight is 270 g/mol. The molecule has 4 N–H and O–H groups in total. The minimum absolute atomic E-state index is 0.354. The summed E-state index contributed by atoms with van der Waals surface area (Å²) in [5.41, 5.74) is 13.7. The molecule has 0 aliphatic rings. The van der Waals surface area contributed by atoms with Crippen LogP contribution in [0.1, 0.15) is 16.1 Å². The molecule has 0 fully saturated rings. The molecule has 2 rings (SSSR count). The smallest absolute Gasteiger partial charge is 0.250 e. The van der Waals surface area contributed by atoms with E-state index in [0.717, 1.165) is 24.3 Å². The zero-order valence-electron chi connectivity index (χ0n) is 11.4. The van der Waals surface area contributed by atoms with Gasteiger partial charge in [0.05, 0.1) is 5.56 Å². The fourth-order valence-corrected chi connectivity index (χ4v) is 1.95. The topological polar surface area (TPSA) is 85.2 Å². The predicted octanol–water partition coefficient (Wildman–Crippen LogP) is 1.44. The van der Waals surface area contributed by atoms with Gasteiger partial charge < -0.3 is 16.4 Å². The Bertz CT molecular complexity index is 598. The van der Waals surface area contributed by atoms with E-state index in [4.69, 9.17) is 11.5 Å². The Morgan fingerprint density at radius 1 is 1.30 bits per heavy atom. The monoisotopic (exact) mass is 270 g/mol. The van der Waals surface area contributed by atoms with E-state index in [9.17, 15) is 4.79 Å². The quantitative estimate of drug-likeness (QED) is 0.805. The van der Waals surface area contributed by atoms with Gasteiger partial charge in [-0.1, -0.05) is 6.07 Å². The van der Waals surface area contributed by atoms with Crippen molar-refractivity contribution in [2.24, 2.45) is 5.73 Å². The number of aromatic nitrogens is 1. The zero-order chi connectivity index (χ0) is 14.5. The molecule has 0 saturated carbocycles. The highest BCUT2D eigenvalue weighted by atomic mass is 16.1. The third kappa shape index (κ3) is 3.26. The first-order valence-electron chi connectivity index (χ1n) is 6.38. The number of anilines is 2. The van der Waals surface area contributed by atoms with Crippen LogP contribution < -0.4 is 16.4 Å². The van der Waals surface area contributed by atoms with Gasteiger partial charge in [-0.2, -0.15) is 0 Å². The average Bonchev–Trinajstić information content (AvgIpc) is 2.46. The summed E-state index contributed by atoms with van der Waals surface area (Å²) in [5, 5.41) is 0. The number of benzene rings is 1. The summed E-state index contributed by atoms with van der Waals surface area (Å²) in [6, 6.07) is 11.2. The third-order valence-corrected chi connectivity index (χ3v) is 3.17. The predicted molar refractivity (Wildman–Crippen MR) is 80.6 cm³/mol. The molecule has 1 amide bonds. The summed E-state index contributed by atoms with van der Waals surface area (Å²) >= 11 is 0. The van der Waals surface area contributed by atoms with E-state index in [1.165, 1.54) is 0 Å². The Balaban J connectivity index is 2.07. The van der Waals surface area contributed by atoms with Crippen molar-refractivity contribution in [2.75, 3.05) is 24.2 Å². The third-order valence-electron chi connectivity index (χ3n) is 3.17. The van der Waals surface area contributed by atoms with Crippen molar-refractivity contribution in [2.45, 2.75) is 6.42 Å². The van der Waals surface area contributed by atoms with Crippen LogP contribution in [0, 0.1) is 0 Å². The highest BCUT2D eigenvalue weighted by Crippen LogP contribution is 2.20. The molecule has 0 atom stereocenters. The number of carbonyl (C=O) groups excluding carboxylic acids is 1. The largest absolute Gasteiger partial charge is 0.398 e. The molecular formula is C15H18N4O. The first kappa shape index (κ1) is 13.9. The maximum Gasteiger partial charge on any atom is 0.250 e. The second-order valence-corrected chi connectivity index (χ2v) is 4.63. The molecule has 0 aliphatic heterocycles. The van der Waals surface area contributed by atoms with Crippen molar-refractivity contribution in [3.63, 3.8) is 0 Å². The molecule has 1 aromatic heterocycles. The van der Waals surface area contributed by atoms with Crippen molar-refractivity contribution in [3.05, 3.63) is 53.9 Å². The van der Waals surface area contributed by atoms with Gasteiger partial charge >= 0.3 is 0 Å². The number of nitrogen functional groups attached to an aromatic ring is 1. The Morgan fingerprint density at radius 3 is 2.75 bits per heavy atom. The molecule has 5 nitrogen and oxygen atoms in total. The zero-order valence-corrected chi connectivity index (χ0v) is 11.4. The SMILES string of the molecule is CN(CCc1ccccn1)c1ccc(N)c(C(N)=O)c1. The highest BCUT2D eigenvalue weighted by molar-refractivity contribution is 5.99. The summed E-state index contributed by atoms with van der Waals surface area (Å²) in [4.78, 5) is 17.6. The number of hydrogen-bond acceptors (Lipinski definition) is 4. The molecule has 0 unspecified atom stereocenters. The van der Waals surface area contributed by atoms with Gasteiger partial charge in [-0.15, -0.1) is 0 Å². The number of carbonyl (C=O) groups is 1. The molecule has 104 valence electrons. The maximum absolute atomic E-state index is 11.3. The normalized spacial score (nSPS) is 10.2. The number of pyridine rings is 1. The van der Waals surface area contributed by atoms with E-state index in [1.807, 2.05) is 36.2 Å². The van der Waals surface area contributed by atoms with Crippen LogP contribution in [0.15, 0.2) is 42.6 Å². The van der Waals surface area contributed by atoms with Gasteiger partial charge in [-0.3, -0.25) is 9.78 Å². The van der Waals surface area contributed by atoms with E-state index < -0.39 is 5.91 Å². The van der Waals surface area contributed by atoms with E-state index in [-0.39, 0.29) is 0 Å². The van der Waals surface area contributed by atoms with E-state index in [2.05, 4.69) is 4.98 Å². The van der Waals surface area contributed by atoms with Crippen molar-refractivity contribution in [1.82, 2.24) is 4.98 Å². The van der Waals surface area contributed by atoms with Crippen molar-refractivity contribution in [3.8, 4) is 0 Å². The molecule has 1 aromatic carbocycles. The Morgan fingerprint density at radius 2 is 2.10 bits per heavy atom. The summed E-state index contributed by atoms with van der Waals surface area (Å²) in [5.74, 6) is -0.512. The fraction of sp³-hybridized carbons (Fsp3) is 0.200. The molecular weight excluding hydrogens is 252 g/mol. The lowest BCUT2D eigenvalue weighted by atomic mass is 10.1. The minimum Gasteiger partial charge on any atom is -0.398 e. The number of primary amides is 1. The van der Waals surface area contributed by atoms with Gasteiger partial charge in [0, 0.05) is 43.3 Å². The number of likely N-dealkylation sites (N-methyl/N-ethyl adjacent to an activating group) is 1. The number of hydrogen-bond donors (Lipinski definition) is 2. The van der Waals surface area contributed by atoms with Gasteiger partial charge in [-0.05, 0) is 30.3 Å². The van der Waals surface area contributed by atoms with Gasteiger partial charge in [0.1, 0.15) is 0 Å². The molecule has 0 saturated heterocycles. The summed E-state index contributed by atoms with van der Waals surface area (Å²) in [6.07, 6.45) is 2.61. The van der Waals surface area contributed by atoms with Crippen LogP contribution in [-0.4, -0.2) is 24.5 Å². The lowest BCUT2D eigenvalue weighted by Crippen LogP contribution is -2.22. The molecule has 2 aromatic rings. The number of nitrogens with zero attached hydrogens (tertiary/aromatic N) is 2. The van der Waals surface area contributed by atoms with Crippen molar-refractivity contribution < 1.29 is 4.79 Å². The highest BCUT2D eigenvalue weighted by Gasteiger charge is 2.09. The number of amides is 1. The summed E-state index contributed by atoms with van der Waals surface area (Å²) < 4.78 is 0. The van der Waals surface area contributed by atoms with Crippen molar-refractivity contribution in [1.29, 1.82) is 0 Å². The van der Waals surface area contributed by atoms with Crippen LogP contribution in [0.5, 0.6) is 0 Å². The maximum atomic E-state index is 11.3. The first-order chi connectivity index (χ1) is 9.58. The number of rotatable bonds is 5. The standard InChI is InChI=1S/C15H18N4O/c1-19(9-7-11-4-2-3-8-18-11)12-5-6-14(16)13(10-12)15(17)20/h2-6,8,10H,7,9,16H2,1H3,(H2,17,20). The second-order valence-electron chi connectivity index (χ2n) is 4.63. The molecule has 5 heteroatoms. The molecule has 20 heavy (non-hydrogen) atoms. The van der Waals surface area contributed by atoms with Crippen LogP contribution in [0.2, 0.25) is 0 Å². The fourth-order valence-electron chi connectivity index (χ4n) is 1.95. The van der Waals surface area contributed by atoms with E-state index in [1.54, 1.807) is 18.3 Å². The van der Waals surface area contributed by atoms with Crippen molar-refractivity contribution >= 4 is 17.3 Å². The Labute approximate surface area is 118 Å². The molecule has 0 radical (unpaired) electrons. The van der Waals surface area contributed by atoms with Crippen LogP contribution >= 0.6 is 0 Å². The van der Waals surface area contributed by atoms with Crippen LogP contribution in [-0.2, 0) is 6.42 Å². The van der Waals surface area contributed by atoms with Gasteiger partial charge in [0.2, 0.25) is 0 Å². The first-order valence-corrected chi connectivity index (χ1v) is 6.38. The minimum atomic E-state index is -0.512. The van der Waals surface area contributed by atoms with Gasteiger partial charge in [0.15, 0.2) is 0 Å². The molecule has 0 spiro atoms. The van der Waals surface area contributed by atoms with Crippen LogP contribution in [0.25, 0.3) is 0 Å². The lowest BCUT2D eigenvalue weighted by Gasteiger charge is -2.20. The van der Waals surface area contributed by atoms with E-state index in [0.29, 0.717) is 11.3 Å². The summed E-state index contributed by atoms with van der Waals surface area (Å²) in [7, 11) is 1.96.